The van der Waals surface area contributed by atoms with Gasteiger partial charge in [-0.1, -0.05) is 19.3 Å². The number of nitrogens with one attached hydrogen (secondary N) is 2. The lowest BCUT2D eigenvalue weighted by Gasteiger charge is -2.41. The molecule has 3 nitrogen and oxygen atoms in total. The van der Waals surface area contributed by atoms with Crippen LogP contribution in [0.2, 0.25) is 0 Å². The normalized spacial score (nSPS) is 32.2. The van der Waals surface area contributed by atoms with Gasteiger partial charge in [-0.15, -0.1) is 0 Å². The Bertz CT molecular complexity index is 274. The van der Waals surface area contributed by atoms with Gasteiger partial charge in [0.1, 0.15) is 0 Å². The van der Waals surface area contributed by atoms with Crippen molar-refractivity contribution in [3.8, 4) is 0 Å². The highest BCUT2D eigenvalue weighted by Gasteiger charge is 2.33. The summed E-state index contributed by atoms with van der Waals surface area (Å²) in [4.78, 5) is 0. The van der Waals surface area contributed by atoms with E-state index < -0.39 is 0 Å². The van der Waals surface area contributed by atoms with Gasteiger partial charge in [0.05, 0.1) is 5.60 Å². The summed E-state index contributed by atoms with van der Waals surface area (Å²) in [7, 11) is 0. The van der Waals surface area contributed by atoms with Crippen molar-refractivity contribution in [3.05, 3.63) is 0 Å². The van der Waals surface area contributed by atoms with E-state index in [-0.39, 0.29) is 5.60 Å². The van der Waals surface area contributed by atoms with Gasteiger partial charge in [0.2, 0.25) is 0 Å². The first-order chi connectivity index (χ1) is 9.62. The smallest absolute Gasteiger partial charge is 0.0750 e. The van der Waals surface area contributed by atoms with Crippen LogP contribution in [0.3, 0.4) is 0 Å². The summed E-state index contributed by atoms with van der Waals surface area (Å²) in [6, 6.07) is 1.43. The molecule has 0 aromatic carbocycles. The first-order valence-corrected chi connectivity index (χ1v) is 8.73. The van der Waals surface area contributed by atoms with Gasteiger partial charge >= 0.3 is 0 Å². The van der Waals surface area contributed by atoms with Crippen molar-refractivity contribution in [2.45, 2.75) is 83.4 Å². The number of piperidine rings is 1. The molecule has 1 saturated carbocycles. The van der Waals surface area contributed by atoms with E-state index in [2.05, 4.69) is 31.4 Å². The zero-order valence-corrected chi connectivity index (χ0v) is 13.7. The van der Waals surface area contributed by atoms with Crippen molar-refractivity contribution in [3.63, 3.8) is 0 Å². The minimum absolute atomic E-state index is 0.0449. The van der Waals surface area contributed by atoms with Gasteiger partial charge in [-0.05, 0) is 58.9 Å². The summed E-state index contributed by atoms with van der Waals surface area (Å²) in [5.74, 6) is 0.821. The lowest BCUT2D eigenvalue weighted by molar-refractivity contribution is -0.0137. The zero-order valence-electron chi connectivity index (χ0n) is 13.7. The Balaban J connectivity index is 1.86. The van der Waals surface area contributed by atoms with Crippen LogP contribution in [0.5, 0.6) is 0 Å². The maximum atomic E-state index is 5.82. The molecule has 0 radical (unpaired) electrons. The second-order valence-corrected chi connectivity index (χ2v) is 7.18. The lowest BCUT2D eigenvalue weighted by Crippen LogP contribution is -2.53. The molecular formula is C17H34N2O. The standard InChI is InChI=1S/C17H34N2O/c1-4-20-17(2,3)13-19-16-10-6-5-9-14(16)15-11-7-8-12-18-15/h14-16,18-19H,4-13H2,1-3H3. The minimum atomic E-state index is -0.0449. The fourth-order valence-electron chi connectivity index (χ4n) is 3.96. The monoisotopic (exact) mass is 282 g/mol. The predicted octanol–water partition coefficient (Wildman–Crippen LogP) is 3.09. The van der Waals surface area contributed by atoms with Gasteiger partial charge in [-0.2, -0.15) is 0 Å². The molecule has 0 bridgehead atoms. The third kappa shape index (κ3) is 4.71. The molecule has 2 fully saturated rings. The van der Waals surface area contributed by atoms with Crippen LogP contribution >= 0.6 is 0 Å². The van der Waals surface area contributed by atoms with E-state index in [9.17, 15) is 0 Å². The van der Waals surface area contributed by atoms with Crippen LogP contribution in [0.1, 0.15) is 65.7 Å². The molecule has 1 aliphatic carbocycles. The summed E-state index contributed by atoms with van der Waals surface area (Å²) in [6.07, 6.45) is 9.67. The molecule has 3 atom stereocenters. The maximum absolute atomic E-state index is 5.82. The molecule has 2 aliphatic rings. The Labute approximate surface area is 125 Å². The quantitative estimate of drug-likeness (QED) is 0.785. The van der Waals surface area contributed by atoms with Crippen molar-refractivity contribution in [1.29, 1.82) is 0 Å². The molecule has 3 heteroatoms. The third-order valence-corrected chi connectivity index (χ3v) is 5.01. The van der Waals surface area contributed by atoms with Crippen molar-refractivity contribution in [2.24, 2.45) is 5.92 Å². The molecule has 0 aromatic heterocycles. The molecule has 0 aromatic rings. The lowest BCUT2D eigenvalue weighted by atomic mass is 9.77. The van der Waals surface area contributed by atoms with Crippen molar-refractivity contribution in [2.75, 3.05) is 19.7 Å². The second-order valence-electron chi connectivity index (χ2n) is 7.18. The number of rotatable bonds is 6. The van der Waals surface area contributed by atoms with Gasteiger partial charge in [0.25, 0.3) is 0 Å². The summed E-state index contributed by atoms with van der Waals surface area (Å²) in [5.41, 5.74) is -0.0449. The SMILES string of the molecule is CCOC(C)(C)CNC1CCCCC1C1CCCCN1. The largest absolute Gasteiger partial charge is 0.375 e. The minimum Gasteiger partial charge on any atom is -0.375 e. The van der Waals surface area contributed by atoms with Gasteiger partial charge in [-0.3, -0.25) is 0 Å². The Hall–Kier alpha value is -0.120. The van der Waals surface area contributed by atoms with Crippen molar-refractivity contribution >= 4 is 0 Å². The van der Waals surface area contributed by atoms with Crippen molar-refractivity contribution in [1.82, 2.24) is 10.6 Å². The Morgan fingerprint density at radius 3 is 2.55 bits per heavy atom. The van der Waals surface area contributed by atoms with Crippen LogP contribution in [0.4, 0.5) is 0 Å². The average Bonchev–Trinajstić information content (AvgIpc) is 2.46. The Morgan fingerprint density at radius 2 is 1.85 bits per heavy atom. The average molecular weight is 282 g/mol. The van der Waals surface area contributed by atoms with Gasteiger partial charge < -0.3 is 15.4 Å². The molecule has 1 heterocycles. The predicted molar refractivity (Wildman–Crippen MR) is 85.1 cm³/mol. The van der Waals surface area contributed by atoms with E-state index >= 15 is 0 Å². The zero-order chi connectivity index (χ0) is 14.4. The third-order valence-electron chi connectivity index (χ3n) is 5.01. The Kier molecular flexibility index (Phi) is 6.31. The maximum Gasteiger partial charge on any atom is 0.0750 e. The molecule has 3 unspecified atom stereocenters. The summed E-state index contributed by atoms with van der Waals surface area (Å²) in [5, 5.41) is 7.60. The Morgan fingerprint density at radius 1 is 1.10 bits per heavy atom. The van der Waals surface area contributed by atoms with Crippen molar-refractivity contribution < 1.29 is 4.74 Å². The molecule has 20 heavy (non-hydrogen) atoms. The molecule has 2 rings (SSSR count). The molecule has 0 spiro atoms. The fourth-order valence-corrected chi connectivity index (χ4v) is 3.96. The van der Waals surface area contributed by atoms with Crippen LogP contribution in [0, 0.1) is 5.92 Å². The van der Waals surface area contributed by atoms with Crippen LogP contribution in [0.25, 0.3) is 0 Å². The topological polar surface area (TPSA) is 33.3 Å². The first kappa shape index (κ1) is 16.3. The van der Waals surface area contributed by atoms with E-state index in [4.69, 9.17) is 4.74 Å². The molecule has 2 N–H and O–H groups in total. The van der Waals surface area contributed by atoms with E-state index in [1.165, 1.54) is 51.5 Å². The van der Waals surface area contributed by atoms with Gasteiger partial charge in [0, 0.05) is 25.2 Å². The number of hydrogen-bond donors (Lipinski definition) is 2. The number of hydrogen-bond acceptors (Lipinski definition) is 3. The van der Waals surface area contributed by atoms with Crippen LogP contribution in [-0.2, 0) is 4.74 Å². The second kappa shape index (κ2) is 7.77. The summed E-state index contributed by atoms with van der Waals surface area (Å²) >= 11 is 0. The molecular weight excluding hydrogens is 248 g/mol. The fraction of sp³-hybridized carbons (Fsp3) is 1.00. The molecule has 118 valence electrons. The summed E-state index contributed by atoms with van der Waals surface area (Å²) in [6.45, 7) is 9.46. The van der Waals surface area contributed by atoms with Crippen LogP contribution in [-0.4, -0.2) is 37.4 Å². The number of ether oxygens (including phenoxy) is 1. The highest BCUT2D eigenvalue weighted by atomic mass is 16.5. The van der Waals surface area contributed by atoms with Crippen LogP contribution in [0.15, 0.2) is 0 Å². The van der Waals surface area contributed by atoms with E-state index in [0.29, 0.717) is 6.04 Å². The molecule has 0 amide bonds. The molecule has 1 aliphatic heterocycles. The molecule has 1 saturated heterocycles. The highest BCUT2D eigenvalue weighted by molar-refractivity contribution is 4.91. The first-order valence-electron chi connectivity index (χ1n) is 8.73. The van der Waals surface area contributed by atoms with E-state index in [1.807, 2.05) is 0 Å². The summed E-state index contributed by atoms with van der Waals surface area (Å²) < 4.78 is 5.82. The van der Waals surface area contributed by atoms with Gasteiger partial charge in [0.15, 0.2) is 0 Å². The van der Waals surface area contributed by atoms with Crippen LogP contribution < -0.4 is 10.6 Å². The highest BCUT2D eigenvalue weighted by Crippen LogP contribution is 2.30. The van der Waals surface area contributed by atoms with E-state index in [1.54, 1.807) is 0 Å². The van der Waals surface area contributed by atoms with Gasteiger partial charge in [-0.25, -0.2) is 0 Å². The van der Waals surface area contributed by atoms with E-state index in [0.717, 1.165) is 25.1 Å².